The molecule has 0 saturated heterocycles. The van der Waals surface area contributed by atoms with Crippen LogP contribution < -0.4 is 16.0 Å². The Hall–Kier alpha value is -3.68. The first-order chi connectivity index (χ1) is 15.9. The summed E-state index contributed by atoms with van der Waals surface area (Å²) in [4.78, 5) is 47.9. The van der Waals surface area contributed by atoms with Crippen LogP contribution in [0.3, 0.4) is 0 Å². The summed E-state index contributed by atoms with van der Waals surface area (Å²) in [6, 6.07) is 13.1. The van der Waals surface area contributed by atoms with E-state index in [0.29, 0.717) is 30.6 Å². The SMILES string of the molecule is CC(=O)NCc1cccc(C(=O)N[C@@H](CC(C)(C)C)C(=O)Nc2ccc(CCC(=O)O)cc2)c1. The normalized spacial score (nSPS) is 11.9. The number of carbonyl (C=O) groups excluding carboxylic acids is 3. The van der Waals surface area contributed by atoms with Crippen molar-refractivity contribution in [1.29, 1.82) is 0 Å². The van der Waals surface area contributed by atoms with Crippen molar-refractivity contribution >= 4 is 29.4 Å². The summed E-state index contributed by atoms with van der Waals surface area (Å²) in [5.41, 5.74) is 2.39. The lowest BCUT2D eigenvalue weighted by atomic mass is 9.87. The fraction of sp³-hybridized carbons (Fsp3) is 0.385. The Balaban J connectivity index is 2.10. The lowest BCUT2D eigenvalue weighted by Gasteiger charge is -2.26. The van der Waals surface area contributed by atoms with Gasteiger partial charge in [0.15, 0.2) is 0 Å². The molecule has 2 aromatic carbocycles. The highest BCUT2D eigenvalue weighted by Gasteiger charge is 2.27. The number of amides is 3. The number of aryl methyl sites for hydroxylation is 1. The van der Waals surface area contributed by atoms with Crippen molar-refractivity contribution in [3.05, 3.63) is 65.2 Å². The molecule has 1 atom stereocenters. The lowest BCUT2D eigenvalue weighted by Crippen LogP contribution is -2.45. The molecule has 8 nitrogen and oxygen atoms in total. The molecule has 0 aliphatic heterocycles. The van der Waals surface area contributed by atoms with E-state index in [0.717, 1.165) is 11.1 Å². The van der Waals surface area contributed by atoms with E-state index in [-0.39, 0.29) is 29.6 Å². The predicted octanol–water partition coefficient (Wildman–Crippen LogP) is 3.51. The maximum absolute atomic E-state index is 13.1. The minimum atomic E-state index is -0.862. The summed E-state index contributed by atoms with van der Waals surface area (Å²) in [7, 11) is 0. The van der Waals surface area contributed by atoms with Gasteiger partial charge in [0, 0.05) is 31.1 Å². The molecule has 0 radical (unpaired) electrons. The number of nitrogens with one attached hydrogen (secondary N) is 3. The van der Waals surface area contributed by atoms with Gasteiger partial charge in [-0.15, -0.1) is 0 Å². The Labute approximate surface area is 200 Å². The molecular weight excluding hydrogens is 434 g/mol. The van der Waals surface area contributed by atoms with E-state index >= 15 is 0 Å². The van der Waals surface area contributed by atoms with Gasteiger partial charge in [0.1, 0.15) is 6.04 Å². The maximum atomic E-state index is 13.1. The van der Waals surface area contributed by atoms with Gasteiger partial charge in [0.25, 0.3) is 5.91 Å². The van der Waals surface area contributed by atoms with Crippen LogP contribution in [0, 0.1) is 5.41 Å². The zero-order valence-corrected chi connectivity index (χ0v) is 20.1. The van der Waals surface area contributed by atoms with Gasteiger partial charge in [-0.25, -0.2) is 0 Å². The third-order valence-electron chi connectivity index (χ3n) is 5.02. The van der Waals surface area contributed by atoms with Gasteiger partial charge in [-0.05, 0) is 53.6 Å². The minimum absolute atomic E-state index is 0.0391. The van der Waals surface area contributed by atoms with Crippen molar-refractivity contribution in [3.63, 3.8) is 0 Å². The van der Waals surface area contributed by atoms with Gasteiger partial charge in [0.05, 0.1) is 0 Å². The van der Waals surface area contributed by atoms with Crippen LogP contribution in [-0.2, 0) is 27.3 Å². The van der Waals surface area contributed by atoms with Crippen LogP contribution in [-0.4, -0.2) is 34.8 Å². The van der Waals surface area contributed by atoms with Crippen molar-refractivity contribution in [3.8, 4) is 0 Å². The summed E-state index contributed by atoms with van der Waals surface area (Å²) in [6.45, 7) is 7.71. The van der Waals surface area contributed by atoms with E-state index in [1.54, 1.807) is 42.5 Å². The van der Waals surface area contributed by atoms with Crippen LogP contribution in [0.1, 0.15) is 62.0 Å². The summed E-state index contributed by atoms with van der Waals surface area (Å²) >= 11 is 0. The smallest absolute Gasteiger partial charge is 0.303 e. The molecule has 2 aromatic rings. The molecule has 4 N–H and O–H groups in total. The second-order valence-corrected chi connectivity index (χ2v) is 9.48. The number of carboxylic acid groups (broad SMARTS) is 1. The number of hydrogen-bond acceptors (Lipinski definition) is 4. The van der Waals surface area contributed by atoms with E-state index in [1.165, 1.54) is 6.92 Å². The average Bonchev–Trinajstić information content (AvgIpc) is 2.76. The summed E-state index contributed by atoms with van der Waals surface area (Å²) < 4.78 is 0. The van der Waals surface area contributed by atoms with E-state index < -0.39 is 12.0 Å². The first-order valence-corrected chi connectivity index (χ1v) is 11.2. The number of aliphatic carboxylic acids is 1. The van der Waals surface area contributed by atoms with E-state index in [4.69, 9.17) is 5.11 Å². The molecule has 0 unspecified atom stereocenters. The molecule has 2 rings (SSSR count). The Morgan fingerprint density at radius 3 is 2.24 bits per heavy atom. The quantitative estimate of drug-likeness (QED) is 0.426. The van der Waals surface area contributed by atoms with Gasteiger partial charge >= 0.3 is 5.97 Å². The Morgan fingerprint density at radius 1 is 0.971 bits per heavy atom. The number of anilines is 1. The highest BCUT2D eigenvalue weighted by atomic mass is 16.4. The summed E-state index contributed by atoms with van der Waals surface area (Å²) in [5.74, 6) is -1.74. The maximum Gasteiger partial charge on any atom is 0.303 e. The van der Waals surface area contributed by atoms with Crippen molar-refractivity contribution in [1.82, 2.24) is 10.6 Å². The third-order valence-corrected chi connectivity index (χ3v) is 5.02. The van der Waals surface area contributed by atoms with Crippen LogP contribution in [0.5, 0.6) is 0 Å². The van der Waals surface area contributed by atoms with Gasteiger partial charge in [-0.3, -0.25) is 19.2 Å². The fourth-order valence-electron chi connectivity index (χ4n) is 3.35. The van der Waals surface area contributed by atoms with Crippen LogP contribution in [0.4, 0.5) is 5.69 Å². The van der Waals surface area contributed by atoms with Gasteiger partial charge < -0.3 is 21.1 Å². The molecule has 182 valence electrons. The van der Waals surface area contributed by atoms with E-state index in [9.17, 15) is 19.2 Å². The Bertz CT molecular complexity index is 1030. The second kappa shape index (κ2) is 12.0. The van der Waals surface area contributed by atoms with Gasteiger partial charge in [-0.1, -0.05) is 45.0 Å². The lowest BCUT2D eigenvalue weighted by molar-refractivity contribution is -0.137. The van der Waals surface area contributed by atoms with Crippen LogP contribution in [0.25, 0.3) is 0 Å². The molecule has 34 heavy (non-hydrogen) atoms. The zero-order chi connectivity index (χ0) is 25.3. The van der Waals surface area contributed by atoms with Crippen molar-refractivity contribution < 1.29 is 24.3 Å². The molecular formula is C26H33N3O5. The molecule has 3 amide bonds. The molecule has 0 fully saturated rings. The first-order valence-electron chi connectivity index (χ1n) is 11.2. The van der Waals surface area contributed by atoms with E-state index in [1.807, 2.05) is 26.8 Å². The van der Waals surface area contributed by atoms with E-state index in [2.05, 4.69) is 16.0 Å². The van der Waals surface area contributed by atoms with Crippen LogP contribution in [0.15, 0.2) is 48.5 Å². The van der Waals surface area contributed by atoms with Gasteiger partial charge in [-0.2, -0.15) is 0 Å². The fourth-order valence-corrected chi connectivity index (χ4v) is 3.35. The summed E-state index contributed by atoms with van der Waals surface area (Å²) in [6.07, 6.45) is 0.873. The van der Waals surface area contributed by atoms with Crippen LogP contribution in [0.2, 0.25) is 0 Å². The largest absolute Gasteiger partial charge is 0.481 e. The van der Waals surface area contributed by atoms with Crippen molar-refractivity contribution in [2.75, 3.05) is 5.32 Å². The number of carboxylic acids is 1. The number of rotatable bonds is 10. The molecule has 0 bridgehead atoms. The molecule has 0 aromatic heterocycles. The molecule has 0 spiro atoms. The van der Waals surface area contributed by atoms with Crippen molar-refractivity contribution in [2.45, 2.75) is 59.5 Å². The first kappa shape index (κ1) is 26.6. The highest BCUT2D eigenvalue weighted by Crippen LogP contribution is 2.22. The number of hydrogen-bond donors (Lipinski definition) is 4. The third kappa shape index (κ3) is 9.44. The molecule has 8 heteroatoms. The molecule has 0 heterocycles. The molecule has 0 saturated carbocycles. The Kier molecular flexibility index (Phi) is 9.36. The second-order valence-electron chi connectivity index (χ2n) is 9.48. The predicted molar refractivity (Wildman–Crippen MR) is 130 cm³/mol. The minimum Gasteiger partial charge on any atom is -0.481 e. The number of carbonyl (C=O) groups is 4. The monoisotopic (exact) mass is 467 g/mol. The zero-order valence-electron chi connectivity index (χ0n) is 20.1. The van der Waals surface area contributed by atoms with Crippen LogP contribution >= 0.6 is 0 Å². The summed E-state index contributed by atoms with van der Waals surface area (Å²) in [5, 5.41) is 17.2. The molecule has 0 aliphatic rings. The number of benzene rings is 2. The average molecular weight is 468 g/mol. The Morgan fingerprint density at radius 2 is 1.65 bits per heavy atom. The molecule has 0 aliphatic carbocycles. The topological polar surface area (TPSA) is 125 Å². The standard InChI is InChI=1S/C26H33N3O5/c1-17(30)27-16-19-6-5-7-20(14-19)24(33)29-22(15-26(2,3)4)25(34)28-21-11-8-18(9-12-21)10-13-23(31)32/h5-9,11-12,14,22H,10,13,15-16H2,1-4H3,(H,27,30)(H,28,34)(H,29,33)(H,31,32)/t22-/m0/s1. The van der Waals surface area contributed by atoms with Gasteiger partial charge in [0.2, 0.25) is 11.8 Å². The van der Waals surface area contributed by atoms with Crippen molar-refractivity contribution in [2.24, 2.45) is 5.41 Å². The highest BCUT2D eigenvalue weighted by molar-refractivity contribution is 6.01.